The van der Waals surface area contributed by atoms with Gasteiger partial charge in [-0.3, -0.25) is 14.5 Å². The van der Waals surface area contributed by atoms with Crippen LogP contribution in [0.25, 0.3) is 5.76 Å². The molecule has 1 aromatic heterocycles. The highest BCUT2D eigenvalue weighted by atomic mass is 35.5. The summed E-state index contributed by atoms with van der Waals surface area (Å²) in [5.41, 5.74) is 1.97. The average Bonchev–Trinajstić information content (AvgIpc) is 3.31. The second kappa shape index (κ2) is 10.9. The van der Waals surface area contributed by atoms with E-state index in [0.29, 0.717) is 53.6 Å². The van der Waals surface area contributed by atoms with Crippen molar-refractivity contribution in [3.63, 3.8) is 0 Å². The fourth-order valence-electron chi connectivity index (χ4n) is 4.97. The molecule has 9 nitrogen and oxygen atoms in total. The number of aliphatic hydroxyl groups is 1. The molecular formula is C26H30ClN3O6. The summed E-state index contributed by atoms with van der Waals surface area (Å²) < 4.78 is 10.2. The van der Waals surface area contributed by atoms with Gasteiger partial charge in [0.2, 0.25) is 0 Å². The lowest BCUT2D eigenvalue weighted by Gasteiger charge is -2.29. The Morgan fingerprint density at radius 1 is 1.22 bits per heavy atom. The molecule has 0 bridgehead atoms. The van der Waals surface area contributed by atoms with Crippen molar-refractivity contribution in [2.75, 3.05) is 46.5 Å². The highest BCUT2D eigenvalue weighted by Gasteiger charge is 2.46. The van der Waals surface area contributed by atoms with Gasteiger partial charge in [0, 0.05) is 42.5 Å². The Balaban J connectivity index is 1.75. The molecule has 2 N–H and O–H groups in total. The number of amides is 1. The number of Topliss-reactive ketones (excluding diaryl/α,β-unsaturated/α-hetero) is 1. The standard InChI is InChI=1S/C26H30ClN3O6/c1-15-19(16(2)28-21(15)26(34)35-3)23(31)20-22(17-6-4-7-18(27)14-17)30(25(33)24(20)32)9-5-8-29-10-12-36-13-11-29/h4,6-7,14,22,28,31H,5,8-13H2,1-3H3/b23-20+/t22-/m1/s1. The van der Waals surface area contributed by atoms with Crippen molar-refractivity contribution in [1.29, 1.82) is 0 Å². The van der Waals surface area contributed by atoms with Gasteiger partial charge >= 0.3 is 5.97 Å². The third kappa shape index (κ3) is 4.91. The summed E-state index contributed by atoms with van der Waals surface area (Å²) >= 11 is 6.26. The first-order valence-electron chi connectivity index (χ1n) is 11.9. The molecule has 0 unspecified atom stereocenters. The third-order valence-corrected chi connectivity index (χ3v) is 6.98. The lowest BCUT2D eigenvalue weighted by Crippen LogP contribution is -2.38. The molecule has 0 spiro atoms. The number of hydrogen-bond acceptors (Lipinski definition) is 7. The molecule has 1 amide bonds. The maximum atomic E-state index is 13.3. The molecular weight excluding hydrogens is 486 g/mol. The molecule has 0 saturated carbocycles. The average molecular weight is 516 g/mol. The van der Waals surface area contributed by atoms with E-state index in [4.69, 9.17) is 21.1 Å². The summed E-state index contributed by atoms with van der Waals surface area (Å²) in [6, 6.07) is 6.11. The molecule has 2 aliphatic heterocycles. The van der Waals surface area contributed by atoms with Crippen LogP contribution in [0.5, 0.6) is 0 Å². The molecule has 192 valence electrons. The van der Waals surface area contributed by atoms with E-state index in [-0.39, 0.29) is 17.0 Å². The number of methoxy groups -OCH3 is 1. The van der Waals surface area contributed by atoms with Gasteiger partial charge in [0.25, 0.3) is 11.7 Å². The Hall–Kier alpha value is -3.14. The number of aryl methyl sites for hydroxylation is 1. The smallest absolute Gasteiger partial charge is 0.354 e. The first-order valence-corrected chi connectivity index (χ1v) is 12.2. The van der Waals surface area contributed by atoms with Gasteiger partial charge in [-0.05, 0) is 43.5 Å². The van der Waals surface area contributed by atoms with Gasteiger partial charge in [-0.1, -0.05) is 23.7 Å². The molecule has 0 aliphatic carbocycles. The number of nitrogens with zero attached hydrogens (tertiary/aromatic N) is 2. The molecule has 2 saturated heterocycles. The number of aromatic amines is 1. The fourth-order valence-corrected chi connectivity index (χ4v) is 5.17. The zero-order valence-corrected chi connectivity index (χ0v) is 21.4. The van der Waals surface area contributed by atoms with Gasteiger partial charge in [0.05, 0.1) is 31.9 Å². The van der Waals surface area contributed by atoms with Crippen LogP contribution in [0, 0.1) is 13.8 Å². The summed E-state index contributed by atoms with van der Waals surface area (Å²) in [6.45, 7) is 7.42. The Labute approximate surface area is 214 Å². The van der Waals surface area contributed by atoms with Gasteiger partial charge in [-0.2, -0.15) is 0 Å². The van der Waals surface area contributed by atoms with Crippen LogP contribution in [0.1, 0.15) is 45.3 Å². The predicted molar refractivity (Wildman–Crippen MR) is 134 cm³/mol. The van der Waals surface area contributed by atoms with Crippen LogP contribution in [0.3, 0.4) is 0 Å². The Bertz CT molecular complexity index is 1210. The number of rotatable bonds is 7. The quantitative estimate of drug-likeness (QED) is 0.252. The molecule has 3 heterocycles. The summed E-state index contributed by atoms with van der Waals surface area (Å²) in [5, 5.41) is 11.9. The monoisotopic (exact) mass is 515 g/mol. The number of nitrogens with one attached hydrogen (secondary N) is 1. The van der Waals surface area contributed by atoms with Crippen molar-refractivity contribution in [3.05, 3.63) is 62.9 Å². The van der Waals surface area contributed by atoms with Gasteiger partial charge in [-0.25, -0.2) is 4.79 Å². The zero-order chi connectivity index (χ0) is 26.0. The number of ketones is 1. The van der Waals surface area contributed by atoms with Crippen LogP contribution in [-0.4, -0.2) is 84.1 Å². The molecule has 1 aromatic carbocycles. The first kappa shape index (κ1) is 25.9. The zero-order valence-electron chi connectivity index (χ0n) is 20.6. The molecule has 2 aliphatic rings. The van der Waals surface area contributed by atoms with Crippen LogP contribution in [0.4, 0.5) is 0 Å². The van der Waals surface area contributed by atoms with E-state index >= 15 is 0 Å². The maximum Gasteiger partial charge on any atom is 0.354 e. The largest absolute Gasteiger partial charge is 0.507 e. The van der Waals surface area contributed by atoms with Gasteiger partial charge < -0.3 is 24.5 Å². The number of esters is 1. The second-order valence-electron chi connectivity index (χ2n) is 8.97. The SMILES string of the molecule is COC(=O)c1[nH]c(C)c(/C(O)=C2\C(=O)C(=O)N(CCCN3CCOCC3)[C@@H]2c2cccc(Cl)c2)c1C. The number of ether oxygens (including phenoxy) is 2. The summed E-state index contributed by atoms with van der Waals surface area (Å²) in [6.07, 6.45) is 0.652. The van der Waals surface area contributed by atoms with Gasteiger partial charge in [0.15, 0.2) is 0 Å². The van der Waals surface area contributed by atoms with E-state index in [1.54, 1.807) is 38.1 Å². The van der Waals surface area contributed by atoms with Crippen molar-refractivity contribution in [1.82, 2.24) is 14.8 Å². The number of H-pyrrole nitrogens is 1. The summed E-state index contributed by atoms with van der Waals surface area (Å²) in [4.78, 5) is 45.4. The van der Waals surface area contributed by atoms with Crippen molar-refractivity contribution in [3.8, 4) is 0 Å². The molecule has 36 heavy (non-hydrogen) atoms. The predicted octanol–water partition coefficient (Wildman–Crippen LogP) is 3.22. The highest BCUT2D eigenvalue weighted by Crippen LogP contribution is 2.41. The Morgan fingerprint density at radius 3 is 2.61 bits per heavy atom. The van der Waals surface area contributed by atoms with E-state index in [2.05, 4.69) is 9.88 Å². The topological polar surface area (TPSA) is 112 Å². The van der Waals surface area contributed by atoms with Gasteiger partial charge in [0.1, 0.15) is 11.5 Å². The molecule has 4 rings (SSSR count). The molecule has 1 atom stereocenters. The number of hydrogen-bond donors (Lipinski definition) is 2. The lowest BCUT2D eigenvalue weighted by atomic mass is 9.94. The number of benzene rings is 1. The molecule has 2 fully saturated rings. The maximum absolute atomic E-state index is 13.3. The van der Waals surface area contributed by atoms with E-state index in [9.17, 15) is 19.5 Å². The van der Waals surface area contributed by atoms with Gasteiger partial charge in [-0.15, -0.1) is 0 Å². The normalized spacial score (nSPS) is 20.2. The van der Waals surface area contributed by atoms with Crippen molar-refractivity contribution >= 4 is 35.0 Å². The minimum atomic E-state index is -0.816. The minimum absolute atomic E-state index is 0.0322. The van der Waals surface area contributed by atoms with Crippen LogP contribution >= 0.6 is 11.6 Å². The van der Waals surface area contributed by atoms with Crippen LogP contribution < -0.4 is 0 Å². The van der Waals surface area contributed by atoms with Crippen LogP contribution in [0.2, 0.25) is 5.02 Å². The van der Waals surface area contributed by atoms with E-state index in [0.717, 1.165) is 19.6 Å². The van der Waals surface area contributed by atoms with Crippen molar-refractivity contribution in [2.24, 2.45) is 0 Å². The second-order valence-corrected chi connectivity index (χ2v) is 9.41. The van der Waals surface area contributed by atoms with Crippen molar-refractivity contribution < 1.29 is 29.0 Å². The summed E-state index contributed by atoms with van der Waals surface area (Å²) in [7, 11) is 1.26. The number of aliphatic hydroxyl groups excluding tert-OH is 1. The number of aromatic nitrogens is 1. The molecule has 0 radical (unpaired) electrons. The van der Waals surface area contributed by atoms with Crippen LogP contribution in [0.15, 0.2) is 29.8 Å². The number of morpholine rings is 1. The fraction of sp³-hybridized carbons (Fsp3) is 0.423. The Kier molecular flexibility index (Phi) is 7.82. The number of likely N-dealkylation sites (tertiary alicyclic amines) is 1. The van der Waals surface area contributed by atoms with E-state index in [1.807, 2.05) is 0 Å². The van der Waals surface area contributed by atoms with Crippen molar-refractivity contribution in [2.45, 2.75) is 26.3 Å². The summed E-state index contributed by atoms with van der Waals surface area (Å²) in [5.74, 6) is -2.38. The number of carbonyl (C=O) groups excluding carboxylic acids is 3. The van der Waals surface area contributed by atoms with Crippen LogP contribution in [-0.2, 0) is 19.1 Å². The van der Waals surface area contributed by atoms with E-state index in [1.165, 1.54) is 12.0 Å². The van der Waals surface area contributed by atoms with E-state index < -0.39 is 23.7 Å². The lowest BCUT2D eigenvalue weighted by molar-refractivity contribution is -0.140. The third-order valence-electron chi connectivity index (χ3n) is 6.75. The number of carbonyl (C=O) groups is 3. The highest BCUT2D eigenvalue weighted by molar-refractivity contribution is 6.46. The molecule has 2 aromatic rings. The number of halogens is 1. The Morgan fingerprint density at radius 2 is 1.94 bits per heavy atom. The first-order chi connectivity index (χ1) is 17.2. The minimum Gasteiger partial charge on any atom is -0.507 e. The molecule has 10 heteroatoms.